The minimum Gasteiger partial charge on any atom is -0.0839 e. The van der Waals surface area contributed by atoms with Gasteiger partial charge in [0.15, 0.2) is 0 Å². The van der Waals surface area contributed by atoms with Crippen LogP contribution < -0.4 is 0 Å². The van der Waals surface area contributed by atoms with Crippen LogP contribution in [0, 0.1) is 0 Å². The Morgan fingerprint density at radius 1 is 0.714 bits per heavy atom. The molecule has 0 atom stereocenters. The molecule has 0 amide bonds. The molecular formula is C21H24. The second-order valence-corrected chi connectivity index (χ2v) is 5.57. The average molecular weight is 276 g/mol. The number of fused-ring (bicyclic) bond motifs is 6. The van der Waals surface area contributed by atoms with Gasteiger partial charge >= 0.3 is 0 Å². The molecule has 0 nitrogen and oxygen atoms in total. The largest absolute Gasteiger partial charge is 0.0839 e. The quantitative estimate of drug-likeness (QED) is 0.539. The number of rotatable bonds is 0. The van der Waals surface area contributed by atoms with Crippen molar-refractivity contribution in [1.29, 1.82) is 0 Å². The number of hydrogen-bond acceptors (Lipinski definition) is 0. The van der Waals surface area contributed by atoms with Gasteiger partial charge in [-0.3, -0.25) is 0 Å². The highest BCUT2D eigenvalue weighted by atomic mass is 14.2. The van der Waals surface area contributed by atoms with Crippen LogP contribution in [-0.4, -0.2) is 0 Å². The van der Waals surface area contributed by atoms with E-state index < -0.39 is 0 Å². The Morgan fingerprint density at radius 2 is 1.29 bits per heavy atom. The summed E-state index contributed by atoms with van der Waals surface area (Å²) in [7, 11) is 0. The predicted molar refractivity (Wildman–Crippen MR) is 94.6 cm³/mol. The van der Waals surface area contributed by atoms with Gasteiger partial charge in [-0.2, -0.15) is 0 Å². The first-order valence-electron chi connectivity index (χ1n) is 8.34. The summed E-state index contributed by atoms with van der Waals surface area (Å²) in [5.41, 5.74) is 6.20. The predicted octanol–water partition coefficient (Wildman–Crippen LogP) is 6.17. The summed E-state index contributed by atoms with van der Waals surface area (Å²) in [6, 6.07) is 8.90. The molecule has 2 aromatic rings. The van der Waals surface area contributed by atoms with Gasteiger partial charge in [0, 0.05) is 0 Å². The number of hydrogen-bond donors (Lipinski definition) is 0. The zero-order valence-electron chi connectivity index (χ0n) is 13.2. The molecule has 0 radical (unpaired) electrons. The van der Waals surface area contributed by atoms with Crippen LogP contribution in [0.25, 0.3) is 22.9 Å². The van der Waals surface area contributed by atoms with Crippen molar-refractivity contribution >= 4 is 22.9 Å². The molecule has 108 valence electrons. The van der Waals surface area contributed by atoms with Crippen molar-refractivity contribution in [2.75, 3.05) is 0 Å². The fourth-order valence-corrected chi connectivity index (χ4v) is 3.58. The standard InChI is InChI=1S/C19H18.C2H6/c1-2-8-14-15(9-3-1)17-11-5-7-13-19(17)18-12-6-4-10-16(14)18;1-2/h2,4,6-8,10,12-13H,1,3,5,9,11H2;1-2H3. The molecule has 0 heterocycles. The van der Waals surface area contributed by atoms with Gasteiger partial charge in [0.2, 0.25) is 0 Å². The zero-order chi connectivity index (χ0) is 14.7. The Morgan fingerprint density at radius 3 is 1.95 bits per heavy atom. The van der Waals surface area contributed by atoms with E-state index in [0.717, 1.165) is 0 Å². The molecule has 0 aliphatic heterocycles. The Bertz CT molecular complexity index is 702. The Kier molecular flexibility index (Phi) is 4.24. The van der Waals surface area contributed by atoms with Crippen LogP contribution in [-0.2, 0) is 12.8 Å². The molecule has 0 heteroatoms. The lowest BCUT2D eigenvalue weighted by Crippen LogP contribution is -2.04. The van der Waals surface area contributed by atoms with Gasteiger partial charge in [0.05, 0.1) is 0 Å². The van der Waals surface area contributed by atoms with Gasteiger partial charge in [0.25, 0.3) is 0 Å². The lowest BCUT2D eigenvalue weighted by Gasteiger charge is -2.21. The fourth-order valence-electron chi connectivity index (χ4n) is 3.58. The van der Waals surface area contributed by atoms with Gasteiger partial charge in [-0.25, -0.2) is 0 Å². The summed E-state index contributed by atoms with van der Waals surface area (Å²) in [5.74, 6) is 0. The first kappa shape index (κ1) is 14.1. The smallest absolute Gasteiger partial charge is 0.0103 e. The molecular weight excluding hydrogens is 252 g/mol. The lowest BCUT2D eigenvalue weighted by atomic mass is 9.83. The highest BCUT2D eigenvalue weighted by molar-refractivity contribution is 5.99. The molecule has 21 heavy (non-hydrogen) atoms. The minimum atomic E-state index is 1.20. The van der Waals surface area contributed by atoms with E-state index in [9.17, 15) is 0 Å². The van der Waals surface area contributed by atoms with Crippen molar-refractivity contribution in [2.45, 2.75) is 46.0 Å². The van der Waals surface area contributed by atoms with Crippen LogP contribution in [0.2, 0.25) is 0 Å². The summed E-state index contributed by atoms with van der Waals surface area (Å²) in [5, 5.41) is 2.86. The van der Waals surface area contributed by atoms with Gasteiger partial charge in [-0.1, -0.05) is 62.4 Å². The molecule has 2 aliphatic carbocycles. The molecule has 0 saturated carbocycles. The highest BCUT2D eigenvalue weighted by Gasteiger charge is 2.18. The Hall–Kier alpha value is -1.82. The van der Waals surface area contributed by atoms with E-state index >= 15 is 0 Å². The summed E-state index contributed by atoms with van der Waals surface area (Å²) in [4.78, 5) is 0. The maximum Gasteiger partial charge on any atom is -0.0103 e. The van der Waals surface area contributed by atoms with E-state index in [1.165, 1.54) is 54.0 Å². The summed E-state index contributed by atoms with van der Waals surface area (Å²) in [6.45, 7) is 4.00. The number of benzene rings is 2. The lowest BCUT2D eigenvalue weighted by molar-refractivity contribution is 0.832. The molecule has 0 fully saturated rings. The molecule has 0 spiro atoms. The highest BCUT2D eigenvalue weighted by Crippen LogP contribution is 2.37. The van der Waals surface area contributed by atoms with E-state index in [1.807, 2.05) is 13.8 Å². The fraction of sp³-hybridized carbons (Fsp3) is 0.333. The molecule has 2 aromatic carbocycles. The zero-order valence-corrected chi connectivity index (χ0v) is 13.2. The number of allylic oxidation sites excluding steroid dienone is 2. The molecule has 0 aromatic heterocycles. The third-order valence-corrected chi connectivity index (χ3v) is 4.45. The molecule has 0 saturated heterocycles. The van der Waals surface area contributed by atoms with Crippen molar-refractivity contribution in [3.8, 4) is 0 Å². The third kappa shape index (κ3) is 2.44. The van der Waals surface area contributed by atoms with Crippen LogP contribution in [0.4, 0.5) is 0 Å². The normalized spacial score (nSPS) is 15.7. The second kappa shape index (κ2) is 6.30. The second-order valence-electron chi connectivity index (χ2n) is 5.57. The van der Waals surface area contributed by atoms with Crippen LogP contribution in [0.15, 0.2) is 36.4 Å². The minimum absolute atomic E-state index is 1.20. The summed E-state index contributed by atoms with van der Waals surface area (Å²) >= 11 is 0. The van der Waals surface area contributed by atoms with E-state index in [-0.39, 0.29) is 0 Å². The molecule has 4 rings (SSSR count). The van der Waals surface area contributed by atoms with E-state index in [1.54, 1.807) is 11.1 Å². The summed E-state index contributed by atoms with van der Waals surface area (Å²) < 4.78 is 0. The third-order valence-electron chi connectivity index (χ3n) is 4.45. The van der Waals surface area contributed by atoms with Crippen molar-refractivity contribution in [2.24, 2.45) is 0 Å². The first-order valence-corrected chi connectivity index (χ1v) is 8.34. The van der Waals surface area contributed by atoms with E-state index in [4.69, 9.17) is 0 Å². The molecule has 2 aliphatic rings. The van der Waals surface area contributed by atoms with Crippen LogP contribution in [0.5, 0.6) is 0 Å². The van der Waals surface area contributed by atoms with Crippen molar-refractivity contribution in [3.63, 3.8) is 0 Å². The van der Waals surface area contributed by atoms with Crippen molar-refractivity contribution in [3.05, 3.63) is 58.7 Å². The SMILES string of the molecule is C1=Cc2c(c3c(c4ccccc24)C=CCC3)CCC1.CC. The van der Waals surface area contributed by atoms with E-state index in [2.05, 4.69) is 48.6 Å². The van der Waals surface area contributed by atoms with Crippen molar-refractivity contribution in [1.82, 2.24) is 0 Å². The Balaban J connectivity index is 0.000000636. The summed E-state index contributed by atoms with van der Waals surface area (Å²) in [6.07, 6.45) is 15.5. The van der Waals surface area contributed by atoms with Crippen LogP contribution in [0.3, 0.4) is 0 Å². The van der Waals surface area contributed by atoms with Crippen LogP contribution in [0.1, 0.15) is 55.4 Å². The Labute approximate surface area is 128 Å². The first-order chi connectivity index (χ1) is 10.4. The van der Waals surface area contributed by atoms with Crippen molar-refractivity contribution < 1.29 is 0 Å². The topological polar surface area (TPSA) is 0 Å². The molecule has 0 bridgehead atoms. The average Bonchev–Trinajstić information content (AvgIpc) is 2.83. The van der Waals surface area contributed by atoms with Gasteiger partial charge < -0.3 is 0 Å². The molecule has 0 unspecified atom stereocenters. The van der Waals surface area contributed by atoms with Crippen LogP contribution >= 0.6 is 0 Å². The maximum atomic E-state index is 2.36. The van der Waals surface area contributed by atoms with Gasteiger partial charge in [-0.05, 0) is 65.1 Å². The van der Waals surface area contributed by atoms with Gasteiger partial charge in [0.1, 0.15) is 0 Å². The van der Waals surface area contributed by atoms with E-state index in [0.29, 0.717) is 0 Å². The molecule has 0 N–H and O–H groups in total. The maximum absolute atomic E-state index is 2.36. The van der Waals surface area contributed by atoms with Gasteiger partial charge in [-0.15, -0.1) is 0 Å². The monoisotopic (exact) mass is 276 g/mol.